The van der Waals surface area contributed by atoms with Crippen LogP contribution >= 0.6 is 11.3 Å². The van der Waals surface area contributed by atoms with Gasteiger partial charge in [0.15, 0.2) is 11.5 Å². The van der Waals surface area contributed by atoms with Gasteiger partial charge in [-0.2, -0.15) is 0 Å². The van der Waals surface area contributed by atoms with Crippen LogP contribution in [-0.4, -0.2) is 68.3 Å². The molecule has 1 aliphatic heterocycles. The Kier molecular flexibility index (Phi) is 6.34. The summed E-state index contributed by atoms with van der Waals surface area (Å²) in [6.07, 6.45) is 5.84. The maximum atomic E-state index is 13.5. The molecule has 3 heterocycles. The minimum atomic E-state index is -0.0349. The first-order chi connectivity index (χ1) is 18.0. The second-order valence-corrected chi connectivity index (χ2v) is 11.5. The number of fused-ring (bicyclic) bond motifs is 3. The summed E-state index contributed by atoms with van der Waals surface area (Å²) >= 11 is 1.88. The molecule has 0 radical (unpaired) electrons. The molecule has 9 heteroatoms. The minimum absolute atomic E-state index is 0.0349. The van der Waals surface area contributed by atoms with Gasteiger partial charge in [0.2, 0.25) is 5.75 Å². The number of rotatable bonds is 6. The smallest absolute Gasteiger partial charge is 0.254 e. The van der Waals surface area contributed by atoms with E-state index in [4.69, 9.17) is 24.2 Å². The number of piperazine rings is 1. The van der Waals surface area contributed by atoms with Crippen LogP contribution in [0.3, 0.4) is 0 Å². The fourth-order valence-corrected chi connectivity index (χ4v) is 6.98. The van der Waals surface area contributed by atoms with Crippen LogP contribution in [0.5, 0.6) is 17.2 Å². The summed E-state index contributed by atoms with van der Waals surface area (Å²) in [4.78, 5) is 30.6. The van der Waals surface area contributed by atoms with Crippen molar-refractivity contribution in [2.45, 2.75) is 44.9 Å². The number of nitrogens with zero attached hydrogens (tertiary/aromatic N) is 4. The van der Waals surface area contributed by atoms with Gasteiger partial charge in [-0.3, -0.25) is 4.79 Å². The van der Waals surface area contributed by atoms with E-state index in [0.717, 1.165) is 48.3 Å². The number of ether oxygens (including phenoxy) is 3. The molecular formula is C28H34N4O4S. The van der Waals surface area contributed by atoms with Crippen molar-refractivity contribution in [3.05, 3.63) is 34.0 Å². The van der Waals surface area contributed by atoms with Gasteiger partial charge < -0.3 is 24.0 Å². The molecule has 8 nitrogen and oxygen atoms in total. The van der Waals surface area contributed by atoms with Crippen LogP contribution in [0.25, 0.3) is 10.2 Å². The molecule has 2 fully saturated rings. The number of aryl methyl sites for hydroxylation is 1. The van der Waals surface area contributed by atoms with Gasteiger partial charge in [-0.25, -0.2) is 9.97 Å². The zero-order valence-corrected chi connectivity index (χ0v) is 22.8. The Bertz CT molecular complexity index is 1320. The topological polar surface area (TPSA) is 77.0 Å². The molecule has 1 atom stereocenters. The van der Waals surface area contributed by atoms with Crippen molar-refractivity contribution in [1.29, 1.82) is 0 Å². The third-order valence-electron chi connectivity index (χ3n) is 7.87. The van der Waals surface area contributed by atoms with Crippen molar-refractivity contribution in [2.24, 2.45) is 5.92 Å². The molecule has 2 aromatic heterocycles. The van der Waals surface area contributed by atoms with Crippen molar-refractivity contribution in [2.75, 3.05) is 52.4 Å². The number of amides is 1. The maximum Gasteiger partial charge on any atom is 0.254 e. The summed E-state index contributed by atoms with van der Waals surface area (Å²) in [6.45, 7) is 5.09. The summed E-state index contributed by atoms with van der Waals surface area (Å²) in [5.41, 5.74) is 2.00. The monoisotopic (exact) mass is 522 g/mol. The Hall–Kier alpha value is -3.07. The molecule has 0 bridgehead atoms. The van der Waals surface area contributed by atoms with Crippen molar-refractivity contribution >= 4 is 33.3 Å². The first-order valence-corrected chi connectivity index (χ1v) is 14.0. The summed E-state index contributed by atoms with van der Waals surface area (Å²) in [5.74, 6) is 4.73. The number of benzene rings is 1. The zero-order chi connectivity index (χ0) is 25.7. The Morgan fingerprint density at radius 2 is 1.68 bits per heavy atom. The zero-order valence-electron chi connectivity index (χ0n) is 22.0. The molecule has 3 aromatic rings. The Labute approximate surface area is 221 Å². The Morgan fingerprint density at radius 3 is 2.30 bits per heavy atom. The summed E-state index contributed by atoms with van der Waals surface area (Å²) in [6, 6.07) is 3.45. The van der Waals surface area contributed by atoms with E-state index < -0.39 is 0 Å². The molecule has 6 rings (SSSR count). The molecule has 1 aromatic carbocycles. The van der Waals surface area contributed by atoms with Crippen LogP contribution in [-0.2, 0) is 12.8 Å². The highest BCUT2D eigenvalue weighted by molar-refractivity contribution is 7.19. The second-order valence-electron chi connectivity index (χ2n) is 10.4. The molecular weight excluding hydrogens is 488 g/mol. The van der Waals surface area contributed by atoms with Gasteiger partial charge >= 0.3 is 0 Å². The highest BCUT2D eigenvalue weighted by atomic mass is 32.1. The standard InChI is InChI=1S/C28H34N4O4S/c1-16-5-8-19-22(13-16)37-27-23(19)26(29-25(30-27)17-6-7-17)31-9-11-32(12-10-31)28(33)18-14-20(34-2)24(36-4)21(15-18)35-3/h14-17H,5-13H2,1-4H3/t16-/m0/s1. The van der Waals surface area contributed by atoms with Crippen LogP contribution in [0.1, 0.15) is 58.7 Å². The van der Waals surface area contributed by atoms with E-state index in [1.807, 2.05) is 16.2 Å². The average molecular weight is 523 g/mol. The lowest BCUT2D eigenvalue weighted by Gasteiger charge is -2.36. The first-order valence-electron chi connectivity index (χ1n) is 13.2. The lowest BCUT2D eigenvalue weighted by Crippen LogP contribution is -2.49. The molecule has 0 N–H and O–H groups in total. The highest BCUT2D eigenvalue weighted by Crippen LogP contribution is 2.45. The molecule has 3 aliphatic rings. The average Bonchev–Trinajstić information content (AvgIpc) is 3.72. The van der Waals surface area contributed by atoms with E-state index in [0.29, 0.717) is 41.8 Å². The third kappa shape index (κ3) is 4.37. The maximum absolute atomic E-state index is 13.5. The largest absolute Gasteiger partial charge is 0.493 e. The predicted octanol–water partition coefficient (Wildman–Crippen LogP) is 4.68. The van der Waals surface area contributed by atoms with Gasteiger partial charge in [0.25, 0.3) is 5.91 Å². The molecule has 1 amide bonds. The first kappa shape index (κ1) is 24.3. The quantitative estimate of drug-likeness (QED) is 0.465. The lowest BCUT2D eigenvalue weighted by molar-refractivity contribution is 0.0745. The summed E-state index contributed by atoms with van der Waals surface area (Å²) in [7, 11) is 4.68. The molecule has 1 saturated heterocycles. The fraction of sp³-hybridized carbons (Fsp3) is 0.536. The number of hydrogen-bond acceptors (Lipinski definition) is 8. The van der Waals surface area contributed by atoms with Crippen LogP contribution in [0.15, 0.2) is 12.1 Å². The summed E-state index contributed by atoms with van der Waals surface area (Å²) < 4.78 is 16.3. The molecule has 1 saturated carbocycles. The molecule has 0 spiro atoms. The van der Waals surface area contributed by atoms with Gasteiger partial charge in [-0.15, -0.1) is 11.3 Å². The Balaban J connectivity index is 1.26. The fourth-order valence-electron chi connectivity index (χ4n) is 5.60. The minimum Gasteiger partial charge on any atom is -0.493 e. The number of carbonyl (C=O) groups excluding carboxylic acids is 1. The van der Waals surface area contributed by atoms with E-state index >= 15 is 0 Å². The highest BCUT2D eigenvalue weighted by Gasteiger charge is 2.33. The number of hydrogen-bond donors (Lipinski definition) is 0. The number of carbonyl (C=O) groups is 1. The lowest BCUT2D eigenvalue weighted by atomic mass is 9.89. The van der Waals surface area contributed by atoms with Crippen molar-refractivity contribution in [1.82, 2.24) is 14.9 Å². The number of anilines is 1. The van der Waals surface area contributed by atoms with Gasteiger partial charge in [0.05, 0.1) is 26.7 Å². The number of aromatic nitrogens is 2. The van der Waals surface area contributed by atoms with E-state index in [9.17, 15) is 4.79 Å². The van der Waals surface area contributed by atoms with Gasteiger partial charge in [0, 0.05) is 42.5 Å². The van der Waals surface area contributed by atoms with Gasteiger partial charge in [0.1, 0.15) is 16.5 Å². The van der Waals surface area contributed by atoms with Crippen molar-refractivity contribution < 1.29 is 19.0 Å². The van der Waals surface area contributed by atoms with Crippen LogP contribution in [0, 0.1) is 5.92 Å². The third-order valence-corrected chi connectivity index (χ3v) is 9.02. The van der Waals surface area contributed by atoms with E-state index in [2.05, 4.69) is 11.8 Å². The number of methoxy groups -OCH3 is 3. The van der Waals surface area contributed by atoms with Crippen molar-refractivity contribution in [3.8, 4) is 17.2 Å². The van der Waals surface area contributed by atoms with Crippen LogP contribution in [0.2, 0.25) is 0 Å². The van der Waals surface area contributed by atoms with Crippen molar-refractivity contribution in [3.63, 3.8) is 0 Å². The SMILES string of the molecule is COc1cc(C(=O)N2CCN(c3nc(C4CC4)nc4sc5c(c34)CC[C@H](C)C5)CC2)cc(OC)c1OC. The van der Waals surface area contributed by atoms with Gasteiger partial charge in [-0.1, -0.05) is 6.92 Å². The Morgan fingerprint density at radius 1 is 0.973 bits per heavy atom. The van der Waals surface area contributed by atoms with E-state index in [1.54, 1.807) is 33.5 Å². The normalized spacial score (nSPS) is 19.6. The van der Waals surface area contributed by atoms with Crippen LogP contribution < -0.4 is 19.1 Å². The predicted molar refractivity (Wildman–Crippen MR) is 145 cm³/mol. The number of thiophene rings is 1. The molecule has 37 heavy (non-hydrogen) atoms. The summed E-state index contributed by atoms with van der Waals surface area (Å²) in [5, 5.41) is 1.26. The second kappa shape index (κ2) is 9.67. The van der Waals surface area contributed by atoms with Crippen LogP contribution in [0.4, 0.5) is 5.82 Å². The molecule has 0 unspecified atom stereocenters. The van der Waals surface area contributed by atoms with Gasteiger partial charge in [-0.05, 0) is 55.7 Å². The van der Waals surface area contributed by atoms with E-state index in [1.165, 1.54) is 35.1 Å². The van der Waals surface area contributed by atoms with E-state index in [-0.39, 0.29) is 5.91 Å². The molecule has 196 valence electrons. The molecule has 2 aliphatic carbocycles.